The van der Waals surface area contributed by atoms with Crippen molar-refractivity contribution in [3.63, 3.8) is 0 Å². The molecule has 8 heteroatoms. The maximum atomic E-state index is 5.24. The highest BCUT2D eigenvalue weighted by atomic mass is 15.3. The fourth-order valence-electron chi connectivity index (χ4n) is 1.36. The number of nitrogens with zero attached hydrogens (tertiary/aromatic N) is 5. The molecule has 0 saturated heterocycles. The normalized spacial score (nSPS) is 10.2. The molecule has 0 atom stereocenters. The summed E-state index contributed by atoms with van der Waals surface area (Å²) >= 11 is 0. The Bertz CT molecular complexity index is 479. The number of anilines is 2. The van der Waals surface area contributed by atoms with Crippen LogP contribution in [0.25, 0.3) is 0 Å². The van der Waals surface area contributed by atoms with Gasteiger partial charge in [-0.1, -0.05) is 0 Å². The molecule has 0 aliphatic carbocycles. The van der Waals surface area contributed by atoms with E-state index in [9.17, 15) is 0 Å². The maximum absolute atomic E-state index is 5.24. The second-order valence-electron chi connectivity index (χ2n) is 3.47. The molecule has 2 rings (SSSR count). The zero-order valence-corrected chi connectivity index (χ0v) is 9.46. The lowest BCUT2D eigenvalue weighted by Crippen LogP contribution is -2.12. The van der Waals surface area contributed by atoms with Crippen LogP contribution in [0.5, 0.6) is 0 Å². The van der Waals surface area contributed by atoms with Crippen LogP contribution in [0.1, 0.15) is 5.82 Å². The molecule has 0 aliphatic heterocycles. The second kappa shape index (κ2) is 5.21. The van der Waals surface area contributed by atoms with Crippen LogP contribution < -0.4 is 16.6 Å². The van der Waals surface area contributed by atoms with E-state index in [1.807, 2.05) is 11.6 Å². The molecule has 2 aromatic heterocycles. The number of hydrogen-bond acceptors (Lipinski definition) is 7. The van der Waals surface area contributed by atoms with E-state index in [0.29, 0.717) is 18.2 Å². The van der Waals surface area contributed by atoms with Gasteiger partial charge in [-0.05, 0) is 0 Å². The Labute approximate surface area is 98.3 Å². The van der Waals surface area contributed by atoms with Gasteiger partial charge in [-0.3, -0.25) is 4.98 Å². The summed E-state index contributed by atoms with van der Waals surface area (Å²) in [7, 11) is 1.91. The molecular weight excluding hydrogens is 220 g/mol. The monoisotopic (exact) mass is 234 g/mol. The minimum Gasteiger partial charge on any atom is -0.368 e. The molecule has 17 heavy (non-hydrogen) atoms. The zero-order valence-electron chi connectivity index (χ0n) is 9.46. The molecule has 0 fully saturated rings. The molecule has 0 unspecified atom stereocenters. The predicted molar refractivity (Wildman–Crippen MR) is 63.0 cm³/mol. The van der Waals surface area contributed by atoms with E-state index in [0.717, 1.165) is 12.2 Å². The largest absolute Gasteiger partial charge is 0.368 e. The van der Waals surface area contributed by atoms with Gasteiger partial charge in [0.15, 0.2) is 5.82 Å². The number of nitrogen functional groups attached to an aromatic ring is 1. The lowest BCUT2D eigenvalue weighted by molar-refractivity contribution is 0.787. The first-order valence-electron chi connectivity index (χ1n) is 5.15. The zero-order chi connectivity index (χ0) is 12.1. The first-order valence-corrected chi connectivity index (χ1v) is 5.15. The van der Waals surface area contributed by atoms with Crippen molar-refractivity contribution < 1.29 is 0 Å². The molecule has 0 bridgehead atoms. The number of rotatable bonds is 5. The summed E-state index contributed by atoms with van der Waals surface area (Å²) in [5.41, 5.74) is 2.44. The minimum absolute atomic E-state index is 0.522. The summed E-state index contributed by atoms with van der Waals surface area (Å²) in [6, 6.07) is 0. The number of nitrogens with two attached hydrogens (primary N) is 1. The van der Waals surface area contributed by atoms with Crippen molar-refractivity contribution in [2.24, 2.45) is 12.9 Å². The van der Waals surface area contributed by atoms with Gasteiger partial charge in [0.2, 0.25) is 0 Å². The predicted octanol–water partition coefficient (Wildman–Crippen LogP) is -0.455. The van der Waals surface area contributed by atoms with Crippen LogP contribution in [-0.4, -0.2) is 31.3 Å². The van der Waals surface area contributed by atoms with Gasteiger partial charge in [-0.2, -0.15) is 0 Å². The second-order valence-corrected chi connectivity index (χ2v) is 3.47. The van der Waals surface area contributed by atoms with Gasteiger partial charge in [-0.25, -0.2) is 10.8 Å². The summed E-state index contributed by atoms with van der Waals surface area (Å²) < 4.78 is 1.88. The van der Waals surface area contributed by atoms with Crippen LogP contribution in [0.3, 0.4) is 0 Å². The van der Waals surface area contributed by atoms with Crippen LogP contribution >= 0.6 is 0 Å². The third kappa shape index (κ3) is 2.88. The summed E-state index contributed by atoms with van der Waals surface area (Å²) in [5, 5.41) is 10.9. The highest BCUT2D eigenvalue weighted by Gasteiger charge is 2.01. The number of nitrogens with one attached hydrogen (secondary N) is 2. The quantitative estimate of drug-likeness (QED) is 0.475. The highest BCUT2D eigenvalue weighted by molar-refractivity contribution is 5.40. The standard InChI is InChI=1S/C9H14N8/c1-17-6-13-16-9(17)2-3-12-7-4-11-5-8(14-7)15-10/h4-6H,2-3,10H2,1H3,(H2,12,14,15). The molecule has 2 aromatic rings. The Kier molecular flexibility index (Phi) is 3.46. The van der Waals surface area contributed by atoms with Crippen LogP contribution in [0, 0.1) is 0 Å². The molecule has 0 aromatic carbocycles. The van der Waals surface area contributed by atoms with Crippen molar-refractivity contribution in [3.8, 4) is 0 Å². The van der Waals surface area contributed by atoms with Crippen molar-refractivity contribution in [1.29, 1.82) is 0 Å². The SMILES string of the molecule is Cn1cnnc1CCNc1cncc(NN)n1. The molecule has 0 aliphatic rings. The summed E-state index contributed by atoms with van der Waals surface area (Å²) in [6.45, 7) is 0.704. The number of aryl methyl sites for hydroxylation is 1. The molecule has 8 nitrogen and oxygen atoms in total. The van der Waals surface area contributed by atoms with Crippen LogP contribution in [0.2, 0.25) is 0 Å². The fourth-order valence-corrected chi connectivity index (χ4v) is 1.36. The molecule has 0 saturated carbocycles. The summed E-state index contributed by atoms with van der Waals surface area (Å²) in [4.78, 5) is 8.17. The van der Waals surface area contributed by atoms with Crippen molar-refractivity contribution >= 4 is 11.6 Å². The van der Waals surface area contributed by atoms with Gasteiger partial charge < -0.3 is 15.3 Å². The van der Waals surface area contributed by atoms with Gasteiger partial charge >= 0.3 is 0 Å². The average molecular weight is 234 g/mol. The van der Waals surface area contributed by atoms with Crippen LogP contribution in [-0.2, 0) is 13.5 Å². The Hall–Kier alpha value is -2.22. The van der Waals surface area contributed by atoms with E-state index < -0.39 is 0 Å². The summed E-state index contributed by atoms with van der Waals surface area (Å²) in [5.74, 6) is 7.35. The lowest BCUT2D eigenvalue weighted by atomic mass is 10.4. The molecule has 0 amide bonds. The first kappa shape index (κ1) is 11.3. The molecule has 0 radical (unpaired) electrons. The summed E-state index contributed by atoms with van der Waals surface area (Å²) in [6.07, 6.45) is 5.62. The number of hydrazine groups is 1. The third-order valence-corrected chi connectivity index (χ3v) is 2.24. The van der Waals surface area contributed by atoms with E-state index in [4.69, 9.17) is 5.84 Å². The third-order valence-electron chi connectivity index (χ3n) is 2.24. The van der Waals surface area contributed by atoms with Gasteiger partial charge in [0, 0.05) is 20.0 Å². The van der Waals surface area contributed by atoms with Crippen molar-refractivity contribution in [1.82, 2.24) is 24.7 Å². The molecule has 90 valence electrons. The minimum atomic E-state index is 0.522. The van der Waals surface area contributed by atoms with Gasteiger partial charge in [0.25, 0.3) is 0 Å². The molecule has 2 heterocycles. The van der Waals surface area contributed by atoms with E-state index in [2.05, 4.69) is 30.9 Å². The number of aromatic nitrogens is 5. The Morgan fingerprint density at radius 3 is 2.88 bits per heavy atom. The molecule has 0 spiro atoms. The highest BCUT2D eigenvalue weighted by Crippen LogP contribution is 2.05. The lowest BCUT2D eigenvalue weighted by Gasteiger charge is -2.06. The first-order chi connectivity index (χ1) is 8.29. The number of hydrogen-bond donors (Lipinski definition) is 3. The van der Waals surface area contributed by atoms with Crippen LogP contribution in [0.15, 0.2) is 18.7 Å². The van der Waals surface area contributed by atoms with Crippen LogP contribution in [0.4, 0.5) is 11.6 Å². The van der Waals surface area contributed by atoms with E-state index in [1.54, 1.807) is 18.7 Å². The van der Waals surface area contributed by atoms with Crippen molar-refractivity contribution in [2.75, 3.05) is 17.3 Å². The van der Waals surface area contributed by atoms with E-state index in [-0.39, 0.29) is 0 Å². The van der Waals surface area contributed by atoms with E-state index in [1.165, 1.54) is 0 Å². The van der Waals surface area contributed by atoms with Crippen molar-refractivity contribution in [2.45, 2.75) is 6.42 Å². The van der Waals surface area contributed by atoms with Gasteiger partial charge in [0.1, 0.15) is 18.0 Å². The van der Waals surface area contributed by atoms with Crippen molar-refractivity contribution in [3.05, 3.63) is 24.5 Å². The van der Waals surface area contributed by atoms with Gasteiger partial charge in [-0.15, -0.1) is 10.2 Å². The molecule has 4 N–H and O–H groups in total. The Balaban J connectivity index is 1.87. The Morgan fingerprint density at radius 2 is 2.18 bits per heavy atom. The Morgan fingerprint density at radius 1 is 1.35 bits per heavy atom. The fraction of sp³-hybridized carbons (Fsp3) is 0.333. The maximum Gasteiger partial charge on any atom is 0.160 e. The smallest absolute Gasteiger partial charge is 0.160 e. The van der Waals surface area contributed by atoms with E-state index >= 15 is 0 Å². The molecular formula is C9H14N8. The van der Waals surface area contributed by atoms with Gasteiger partial charge in [0.05, 0.1) is 12.4 Å². The topological polar surface area (TPSA) is 107 Å². The average Bonchev–Trinajstić information content (AvgIpc) is 2.76.